The summed E-state index contributed by atoms with van der Waals surface area (Å²) in [4.78, 5) is 23.6. The van der Waals surface area contributed by atoms with Crippen LogP contribution in [0.4, 0.5) is 0 Å². The van der Waals surface area contributed by atoms with Crippen LogP contribution in [0.25, 0.3) is 11.3 Å². The predicted octanol–water partition coefficient (Wildman–Crippen LogP) is 2.64. The van der Waals surface area contributed by atoms with E-state index in [9.17, 15) is 14.7 Å². The number of carboxylic acid groups (broad SMARTS) is 1. The Labute approximate surface area is 138 Å². The van der Waals surface area contributed by atoms with Crippen LogP contribution in [0.2, 0.25) is 0 Å². The molecule has 1 aliphatic carbocycles. The van der Waals surface area contributed by atoms with Gasteiger partial charge in [0.25, 0.3) is 0 Å². The molecule has 0 unspecified atom stereocenters. The van der Waals surface area contributed by atoms with Crippen molar-refractivity contribution in [1.29, 1.82) is 0 Å². The van der Waals surface area contributed by atoms with E-state index < -0.39 is 12.0 Å². The van der Waals surface area contributed by atoms with Gasteiger partial charge in [-0.2, -0.15) is 0 Å². The van der Waals surface area contributed by atoms with Crippen molar-refractivity contribution in [1.82, 2.24) is 10.5 Å². The summed E-state index contributed by atoms with van der Waals surface area (Å²) in [6.45, 7) is 1.69. The summed E-state index contributed by atoms with van der Waals surface area (Å²) in [5, 5.41) is 16.2. The normalized spacial score (nSPS) is 14.9. The third kappa shape index (κ3) is 3.10. The Kier molecular flexibility index (Phi) is 4.24. The van der Waals surface area contributed by atoms with Crippen LogP contribution < -0.4 is 10.1 Å². The zero-order chi connectivity index (χ0) is 17.3. The van der Waals surface area contributed by atoms with E-state index in [1.54, 1.807) is 38.3 Å². The predicted molar refractivity (Wildman–Crippen MR) is 84.7 cm³/mol. The summed E-state index contributed by atoms with van der Waals surface area (Å²) in [5.74, 6) is -0.401. The van der Waals surface area contributed by atoms with Crippen molar-refractivity contribution in [2.75, 3.05) is 7.11 Å². The van der Waals surface area contributed by atoms with E-state index in [4.69, 9.17) is 9.26 Å². The first-order valence-electron chi connectivity index (χ1n) is 7.69. The molecule has 1 aromatic carbocycles. The lowest BCUT2D eigenvalue weighted by molar-refractivity contribution is -0.123. The molecule has 0 radical (unpaired) electrons. The number of carbonyl (C=O) groups is 2. The molecule has 2 aromatic rings. The zero-order valence-electron chi connectivity index (χ0n) is 13.4. The molecule has 24 heavy (non-hydrogen) atoms. The Morgan fingerprint density at radius 3 is 2.54 bits per heavy atom. The topological polar surface area (TPSA) is 102 Å². The van der Waals surface area contributed by atoms with E-state index in [0.29, 0.717) is 11.3 Å². The molecule has 1 atom stereocenters. The number of carbonyl (C=O) groups excluding carboxylic acids is 1. The van der Waals surface area contributed by atoms with Crippen LogP contribution in [0.15, 0.2) is 28.8 Å². The monoisotopic (exact) mass is 330 g/mol. The lowest BCUT2D eigenvalue weighted by Crippen LogP contribution is -2.28. The first kappa shape index (κ1) is 16.0. The smallest absolute Gasteiger partial charge is 0.341 e. The molecule has 1 fully saturated rings. The number of benzene rings is 1. The second kappa shape index (κ2) is 6.35. The van der Waals surface area contributed by atoms with Crippen LogP contribution in [0, 0.1) is 5.92 Å². The molecule has 1 amide bonds. The van der Waals surface area contributed by atoms with Crippen molar-refractivity contribution in [2.45, 2.75) is 25.8 Å². The number of ether oxygens (including phenoxy) is 1. The summed E-state index contributed by atoms with van der Waals surface area (Å²) in [6, 6.07) is 6.28. The summed E-state index contributed by atoms with van der Waals surface area (Å²) >= 11 is 0. The Morgan fingerprint density at radius 2 is 2.00 bits per heavy atom. The van der Waals surface area contributed by atoms with Gasteiger partial charge in [-0.1, -0.05) is 5.16 Å². The minimum atomic E-state index is -1.15. The van der Waals surface area contributed by atoms with Gasteiger partial charge < -0.3 is 19.7 Å². The van der Waals surface area contributed by atoms with Crippen LogP contribution in [-0.4, -0.2) is 29.2 Å². The Hall–Kier alpha value is -2.83. The van der Waals surface area contributed by atoms with Gasteiger partial charge >= 0.3 is 5.97 Å². The quantitative estimate of drug-likeness (QED) is 0.844. The second-order valence-corrected chi connectivity index (χ2v) is 5.81. The SMILES string of the molecule is COc1ccc(-c2noc([C@@H](C)NC(=O)C3CC3)c2C(=O)O)cc1. The van der Waals surface area contributed by atoms with Crippen LogP contribution in [0.5, 0.6) is 5.75 Å². The molecule has 1 heterocycles. The molecule has 0 saturated heterocycles. The lowest BCUT2D eigenvalue weighted by atomic mass is 10.0. The summed E-state index contributed by atoms with van der Waals surface area (Å²) in [5.41, 5.74) is 0.792. The molecule has 126 valence electrons. The maximum atomic E-state index is 11.9. The first-order chi connectivity index (χ1) is 11.5. The molecule has 2 N–H and O–H groups in total. The van der Waals surface area contributed by atoms with E-state index in [0.717, 1.165) is 12.8 Å². The molecule has 0 bridgehead atoms. The number of hydrogen-bond acceptors (Lipinski definition) is 5. The van der Waals surface area contributed by atoms with E-state index >= 15 is 0 Å². The van der Waals surface area contributed by atoms with E-state index in [1.165, 1.54) is 0 Å². The third-order valence-corrected chi connectivity index (χ3v) is 4.00. The lowest BCUT2D eigenvalue weighted by Gasteiger charge is -2.11. The van der Waals surface area contributed by atoms with Gasteiger partial charge in [0, 0.05) is 11.5 Å². The van der Waals surface area contributed by atoms with Gasteiger partial charge in [0.05, 0.1) is 13.2 Å². The highest BCUT2D eigenvalue weighted by Gasteiger charge is 2.33. The molecule has 0 aliphatic heterocycles. The molecule has 7 nitrogen and oxygen atoms in total. The Bertz CT molecular complexity index is 762. The van der Waals surface area contributed by atoms with E-state index in [-0.39, 0.29) is 28.8 Å². The minimum absolute atomic E-state index is 0.0321. The number of aromatic nitrogens is 1. The standard InChI is InChI=1S/C17H18N2O5/c1-9(18-16(20)11-3-4-11)15-13(17(21)22)14(19-24-15)10-5-7-12(23-2)8-6-10/h5-9,11H,3-4H2,1-2H3,(H,18,20)(H,21,22)/t9-/m1/s1. The number of amides is 1. The second-order valence-electron chi connectivity index (χ2n) is 5.81. The van der Waals surface area contributed by atoms with Gasteiger partial charge in [0.15, 0.2) is 5.76 Å². The molecule has 1 aromatic heterocycles. The van der Waals surface area contributed by atoms with Crippen molar-refractivity contribution >= 4 is 11.9 Å². The van der Waals surface area contributed by atoms with Crippen molar-refractivity contribution < 1.29 is 24.0 Å². The molecule has 7 heteroatoms. The van der Waals surface area contributed by atoms with Gasteiger partial charge in [0.2, 0.25) is 5.91 Å². The number of carboxylic acids is 1. The van der Waals surface area contributed by atoms with E-state index in [2.05, 4.69) is 10.5 Å². The number of hydrogen-bond donors (Lipinski definition) is 2. The van der Waals surface area contributed by atoms with Gasteiger partial charge in [-0.05, 0) is 44.0 Å². The maximum absolute atomic E-state index is 11.9. The van der Waals surface area contributed by atoms with Crippen molar-refractivity contribution in [3.63, 3.8) is 0 Å². The van der Waals surface area contributed by atoms with Crippen molar-refractivity contribution in [3.05, 3.63) is 35.6 Å². The fourth-order valence-corrected chi connectivity index (χ4v) is 2.49. The molecular formula is C17H18N2O5. The minimum Gasteiger partial charge on any atom is -0.497 e. The third-order valence-electron chi connectivity index (χ3n) is 4.00. The highest BCUT2D eigenvalue weighted by molar-refractivity contribution is 5.96. The Balaban J connectivity index is 1.91. The number of rotatable bonds is 6. The molecule has 1 aliphatic rings. The van der Waals surface area contributed by atoms with Crippen molar-refractivity contribution in [3.8, 4) is 17.0 Å². The number of nitrogens with zero attached hydrogens (tertiary/aromatic N) is 1. The van der Waals surface area contributed by atoms with Gasteiger partial charge in [-0.3, -0.25) is 4.79 Å². The maximum Gasteiger partial charge on any atom is 0.341 e. The average molecular weight is 330 g/mol. The van der Waals surface area contributed by atoms with Crippen LogP contribution in [0.1, 0.15) is 41.9 Å². The number of methoxy groups -OCH3 is 1. The van der Waals surface area contributed by atoms with Gasteiger partial charge in [-0.15, -0.1) is 0 Å². The van der Waals surface area contributed by atoms with Crippen LogP contribution in [-0.2, 0) is 4.79 Å². The Morgan fingerprint density at radius 1 is 1.33 bits per heavy atom. The molecule has 3 rings (SSSR count). The zero-order valence-corrected chi connectivity index (χ0v) is 13.4. The first-order valence-corrected chi connectivity index (χ1v) is 7.69. The fraction of sp³-hybridized carbons (Fsp3) is 0.353. The number of nitrogens with one attached hydrogen (secondary N) is 1. The molecule has 1 saturated carbocycles. The highest BCUT2D eigenvalue weighted by atomic mass is 16.5. The average Bonchev–Trinajstić information content (AvgIpc) is 3.33. The van der Waals surface area contributed by atoms with Crippen LogP contribution >= 0.6 is 0 Å². The van der Waals surface area contributed by atoms with Gasteiger partial charge in [0.1, 0.15) is 17.0 Å². The van der Waals surface area contributed by atoms with Crippen LogP contribution in [0.3, 0.4) is 0 Å². The summed E-state index contributed by atoms with van der Waals surface area (Å²) in [7, 11) is 1.55. The van der Waals surface area contributed by atoms with E-state index in [1.807, 2.05) is 0 Å². The molecule has 0 spiro atoms. The van der Waals surface area contributed by atoms with Crippen molar-refractivity contribution in [2.24, 2.45) is 5.92 Å². The largest absolute Gasteiger partial charge is 0.497 e. The fourth-order valence-electron chi connectivity index (χ4n) is 2.49. The van der Waals surface area contributed by atoms with Gasteiger partial charge in [-0.25, -0.2) is 4.79 Å². The molecular weight excluding hydrogens is 312 g/mol. The highest BCUT2D eigenvalue weighted by Crippen LogP contribution is 2.32. The number of aromatic carboxylic acids is 1. The summed E-state index contributed by atoms with van der Waals surface area (Å²) < 4.78 is 10.3. The summed E-state index contributed by atoms with van der Waals surface area (Å²) in [6.07, 6.45) is 1.75.